The van der Waals surface area contributed by atoms with Gasteiger partial charge in [-0.25, -0.2) is 0 Å². The van der Waals surface area contributed by atoms with E-state index < -0.39 is 0 Å². The number of anilines is 1. The third-order valence-electron chi connectivity index (χ3n) is 4.34. The highest BCUT2D eigenvalue weighted by Crippen LogP contribution is 2.44. The molecule has 25 heavy (non-hydrogen) atoms. The summed E-state index contributed by atoms with van der Waals surface area (Å²) in [4.78, 5) is 2.08. The van der Waals surface area contributed by atoms with Gasteiger partial charge in [0.05, 0.1) is 13.7 Å². The fourth-order valence-corrected chi connectivity index (χ4v) is 3.12. The van der Waals surface area contributed by atoms with Gasteiger partial charge in [0.1, 0.15) is 5.75 Å². The van der Waals surface area contributed by atoms with E-state index in [2.05, 4.69) is 35.2 Å². The van der Waals surface area contributed by atoms with Crippen LogP contribution >= 0.6 is 0 Å². The summed E-state index contributed by atoms with van der Waals surface area (Å²) in [6.45, 7) is 0.678. The maximum Gasteiger partial charge on any atom is 0.127 e. The van der Waals surface area contributed by atoms with E-state index in [0.29, 0.717) is 6.54 Å². The van der Waals surface area contributed by atoms with E-state index >= 15 is 0 Å². The van der Waals surface area contributed by atoms with E-state index in [1.165, 1.54) is 0 Å². The quantitative estimate of drug-likeness (QED) is 0.723. The summed E-state index contributed by atoms with van der Waals surface area (Å²) < 4.78 is 5.69. The molecule has 0 radical (unpaired) electrons. The highest BCUT2D eigenvalue weighted by atomic mass is 16.5. The number of rotatable bonds is 6. The van der Waals surface area contributed by atoms with Crippen LogP contribution in [0.15, 0.2) is 72.8 Å². The van der Waals surface area contributed by atoms with Crippen molar-refractivity contribution in [2.75, 3.05) is 32.2 Å². The fourth-order valence-electron chi connectivity index (χ4n) is 3.12. The molecule has 3 rings (SSSR count). The van der Waals surface area contributed by atoms with Crippen LogP contribution in [-0.4, -0.2) is 32.4 Å². The first-order valence-electron chi connectivity index (χ1n) is 8.40. The van der Waals surface area contributed by atoms with Crippen LogP contribution in [-0.2, 0) is 0 Å². The second-order valence-corrected chi connectivity index (χ2v) is 5.91. The average Bonchev–Trinajstić information content (AvgIpc) is 2.68. The second-order valence-electron chi connectivity index (χ2n) is 5.91. The number of hydrogen-bond acceptors (Lipinski definition) is 3. The lowest BCUT2D eigenvalue weighted by Crippen LogP contribution is -2.22. The molecule has 0 aliphatic rings. The molecule has 0 spiro atoms. The smallest absolute Gasteiger partial charge is 0.127 e. The summed E-state index contributed by atoms with van der Waals surface area (Å²) in [6.07, 6.45) is 0. The molecule has 0 bridgehead atoms. The van der Waals surface area contributed by atoms with Crippen LogP contribution < -0.4 is 9.64 Å². The predicted molar refractivity (Wildman–Crippen MR) is 104 cm³/mol. The van der Waals surface area contributed by atoms with E-state index in [4.69, 9.17) is 4.74 Å². The lowest BCUT2D eigenvalue weighted by Gasteiger charge is -2.25. The number of methoxy groups -OCH3 is 1. The minimum absolute atomic E-state index is 0.109. The SMILES string of the molecule is COc1ccc(N(C)CCO)c(-c2ccccc2)c1-c1ccccc1. The standard InChI is InChI=1S/C22H23NO2/c1-23(15-16-24)19-13-14-20(25-2)22(18-11-7-4-8-12-18)21(19)17-9-5-3-6-10-17/h3-14,24H,15-16H2,1-2H3. The minimum Gasteiger partial charge on any atom is -0.496 e. The number of likely N-dealkylation sites (N-methyl/N-ethyl adjacent to an activating group) is 1. The van der Waals surface area contributed by atoms with Gasteiger partial charge in [-0.05, 0) is 23.3 Å². The Labute approximate surface area is 149 Å². The first-order valence-corrected chi connectivity index (χ1v) is 8.40. The summed E-state index contributed by atoms with van der Waals surface area (Å²) in [7, 11) is 3.70. The maximum absolute atomic E-state index is 9.38. The molecule has 0 aliphatic carbocycles. The number of aliphatic hydroxyl groups excluding tert-OH is 1. The van der Waals surface area contributed by atoms with E-state index in [9.17, 15) is 5.11 Å². The Morgan fingerprint density at radius 2 is 1.36 bits per heavy atom. The van der Waals surface area contributed by atoms with Gasteiger partial charge in [-0.2, -0.15) is 0 Å². The van der Waals surface area contributed by atoms with Gasteiger partial charge >= 0.3 is 0 Å². The Hall–Kier alpha value is -2.78. The van der Waals surface area contributed by atoms with Crippen molar-refractivity contribution >= 4 is 5.69 Å². The Balaban J connectivity index is 2.32. The van der Waals surface area contributed by atoms with Crippen molar-refractivity contribution in [2.24, 2.45) is 0 Å². The van der Waals surface area contributed by atoms with Gasteiger partial charge in [-0.3, -0.25) is 0 Å². The summed E-state index contributed by atoms with van der Waals surface area (Å²) in [5, 5.41) is 9.38. The molecule has 0 aliphatic heterocycles. The van der Waals surface area contributed by atoms with Crippen LogP contribution in [0.5, 0.6) is 5.75 Å². The van der Waals surface area contributed by atoms with E-state index in [-0.39, 0.29) is 6.61 Å². The van der Waals surface area contributed by atoms with Gasteiger partial charge < -0.3 is 14.7 Å². The van der Waals surface area contributed by atoms with Gasteiger partial charge in [-0.15, -0.1) is 0 Å². The van der Waals surface area contributed by atoms with Gasteiger partial charge in [-0.1, -0.05) is 60.7 Å². The lowest BCUT2D eigenvalue weighted by molar-refractivity contribution is 0.304. The van der Waals surface area contributed by atoms with Crippen molar-refractivity contribution in [1.29, 1.82) is 0 Å². The Morgan fingerprint density at radius 3 is 1.88 bits per heavy atom. The molecule has 0 saturated heterocycles. The number of hydrogen-bond donors (Lipinski definition) is 1. The molecule has 0 atom stereocenters. The summed E-state index contributed by atoms with van der Waals surface area (Å²) >= 11 is 0. The van der Waals surface area contributed by atoms with Gasteiger partial charge in [0.15, 0.2) is 0 Å². The zero-order chi connectivity index (χ0) is 17.6. The molecule has 0 saturated carbocycles. The maximum atomic E-state index is 9.38. The topological polar surface area (TPSA) is 32.7 Å². The summed E-state index contributed by atoms with van der Waals surface area (Å²) in [5.41, 5.74) is 5.48. The predicted octanol–water partition coefficient (Wildman–Crippen LogP) is 4.46. The van der Waals surface area contributed by atoms with E-state index in [0.717, 1.165) is 33.7 Å². The molecule has 0 unspecified atom stereocenters. The molecule has 0 aromatic heterocycles. The first kappa shape index (κ1) is 17.1. The number of nitrogens with zero attached hydrogens (tertiary/aromatic N) is 1. The van der Waals surface area contributed by atoms with Crippen molar-refractivity contribution in [3.63, 3.8) is 0 Å². The summed E-state index contributed by atoms with van der Waals surface area (Å²) in [6, 6.07) is 24.7. The van der Waals surface area contributed by atoms with Gasteiger partial charge in [0, 0.05) is 30.4 Å². The van der Waals surface area contributed by atoms with Gasteiger partial charge in [0.25, 0.3) is 0 Å². The molecule has 3 aromatic carbocycles. The normalized spacial score (nSPS) is 10.5. The highest BCUT2D eigenvalue weighted by molar-refractivity contribution is 5.95. The molecule has 0 heterocycles. The van der Waals surface area contributed by atoms with Crippen molar-refractivity contribution in [3.8, 4) is 28.0 Å². The Morgan fingerprint density at radius 1 is 0.800 bits per heavy atom. The lowest BCUT2D eigenvalue weighted by atomic mass is 9.91. The number of benzene rings is 3. The van der Waals surface area contributed by atoms with E-state index in [1.807, 2.05) is 49.5 Å². The minimum atomic E-state index is 0.109. The van der Waals surface area contributed by atoms with Crippen molar-refractivity contribution in [3.05, 3.63) is 72.8 Å². The van der Waals surface area contributed by atoms with Crippen LogP contribution in [0.3, 0.4) is 0 Å². The molecule has 3 nitrogen and oxygen atoms in total. The third-order valence-corrected chi connectivity index (χ3v) is 4.34. The number of aliphatic hydroxyl groups is 1. The molecular weight excluding hydrogens is 310 g/mol. The van der Waals surface area contributed by atoms with Crippen molar-refractivity contribution in [1.82, 2.24) is 0 Å². The monoisotopic (exact) mass is 333 g/mol. The highest BCUT2D eigenvalue weighted by Gasteiger charge is 2.19. The summed E-state index contributed by atoms with van der Waals surface area (Å²) in [5.74, 6) is 0.839. The second kappa shape index (κ2) is 7.86. The average molecular weight is 333 g/mol. The van der Waals surface area contributed by atoms with E-state index in [1.54, 1.807) is 7.11 Å². The fraction of sp³-hybridized carbons (Fsp3) is 0.182. The third kappa shape index (κ3) is 3.52. The molecule has 3 heteroatoms. The van der Waals surface area contributed by atoms with Crippen LogP contribution in [0.1, 0.15) is 0 Å². The van der Waals surface area contributed by atoms with Crippen molar-refractivity contribution < 1.29 is 9.84 Å². The number of ether oxygens (including phenoxy) is 1. The molecule has 1 N–H and O–H groups in total. The van der Waals surface area contributed by atoms with Crippen LogP contribution in [0.2, 0.25) is 0 Å². The molecular formula is C22H23NO2. The Bertz CT molecular complexity index is 816. The molecule has 0 fully saturated rings. The van der Waals surface area contributed by atoms with Crippen LogP contribution in [0.4, 0.5) is 5.69 Å². The first-order chi connectivity index (χ1) is 12.3. The van der Waals surface area contributed by atoms with Crippen molar-refractivity contribution in [2.45, 2.75) is 0 Å². The van der Waals surface area contributed by atoms with Crippen LogP contribution in [0.25, 0.3) is 22.3 Å². The largest absolute Gasteiger partial charge is 0.496 e. The zero-order valence-electron chi connectivity index (χ0n) is 14.6. The molecule has 0 amide bonds. The molecule has 3 aromatic rings. The van der Waals surface area contributed by atoms with Gasteiger partial charge in [0.2, 0.25) is 0 Å². The molecule has 128 valence electrons. The zero-order valence-corrected chi connectivity index (χ0v) is 14.6. The van der Waals surface area contributed by atoms with Crippen LogP contribution in [0, 0.1) is 0 Å². The Kier molecular flexibility index (Phi) is 5.36.